The third-order valence-corrected chi connectivity index (χ3v) is 4.46. The Kier molecular flexibility index (Phi) is 7.90. The third kappa shape index (κ3) is 6.01. The molecule has 2 amide bonds. The minimum atomic E-state index is -0.128. The molecule has 1 aliphatic heterocycles. The molecule has 0 saturated carbocycles. The van der Waals surface area contributed by atoms with Crippen LogP contribution in [0.25, 0.3) is 0 Å². The lowest BCUT2D eigenvalue weighted by molar-refractivity contribution is -0.133. The van der Waals surface area contributed by atoms with E-state index in [2.05, 4.69) is 31.4 Å². The van der Waals surface area contributed by atoms with Crippen LogP contribution < -0.4 is 10.6 Å². The van der Waals surface area contributed by atoms with Crippen molar-refractivity contribution in [1.82, 2.24) is 15.5 Å². The SMILES string of the molecule is C[C@@H]1CNCCN1C(=O)CCNC(=O)c1ccc(C(C)(C)C)cc1.Cl. The van der Waals surface area contributed by atoms with Gasteiger partial charge in [-0.2, -0.15) is 0 Å². The summed E-state index contributed by atoms with van der Waals surface area (Å²) in [6.45, 7) is 11.2. The molecule has 0 aliphatic carbocycles. The summed E-state index contributed by atoms with van der Waals surface area (Å²) in [4.78, 5) is 26.3. The fraction of sp³-hybridized carbons (Fsp3) is 0.579. The molecule has 0 bridgehead atoms. The molecule has 0 unspecified atom stereocenters. The molecular formula is C19H30ClN3O2. The van der Waals surface area contributed by atoms with Crippen molar-refractivity contribution in [2.24, 2.45) is 0 Å². The zero-order valence-corrected chi connectivity index (χ0v) is 16.4. The predicted molar refractivity (Wildman–Crippen MR) is 103 cm³/mol. The predicted octanol–water partition coefficient (Wildman–Crippen LogP) is 2.35. The minimum absolute atomic E-state index is 0. The number of hydrogen-bond donors (Lipinski definition) is 2. The van der Waals surface area contributed by atoms with Crippen LogP contribution in [0.5, 0.6) is 0 Å². The Labute approximate surface area is 157 Å². The largest absolute Gasteiger partial charge is 0.352 e. The normalized spacial score (nSPS) is 17.6. The highest BCUT2D eigenvalue weighted by atomic mass is 35.5. The summed E-state index contributed by atoms with van der Waals surface area (Å²) in [5.41, 5.74) is 1.90. The fourth-order valence-electron chi connectivity index (χ4n) is 2.86. The Bertz CT molecular complexity index is 581. The lowest BCUT2D eigenvalue weighted by atomic mass is 9.87. The van der Waals surface area contributed by atoms with Crippen molar-refractivity contribution in [2.75, 3.05) is 26.2 Å². The molecular weight excluding hydrogens is 338 g/mol. The number of amides is 2. The second kappa shape index (κ2) is 9.20. The van der Waals surface area contributed by atoms with Crippen molar-refractivity contribution < 1.29 is 9.59 Å². The van der Waals surface area contributed by atoms with Crippen LogP contribution in [0.3, 0.4) is 0 Å². The van der Waals surface area contributed by atoms with Gasteiger partial charge < -0.3 is 15.5 Å². The number of benzene rings is 1. The topological polar surface area (TPSA) is 61.4 Å². The molecule has 2 rings (SSSR count). The Morgan fingerprint density at radius 3 is 2.44 bits per heavy atom. The van der Waals surface area contributed by atoms with Gasteiger partial charge in [-0.05, 0) is 30.0 Å². The molecule has 1 fully saturated rings. The van der Waals surface area contributed by atoms with Crippen molar-refractivity contribution in [3.8, 4) is 0 Å². The van der Waals surface area contributed by atoms with Gasteiger partial charge in [0, 0.05) is 44.2 Å². The van der Waals surface area contributed by atoms with E-state index in [1.807, 2.05) is 36.1 Å². The molecule has 5 nitrogen and oxygen atoms in total. The van der Waals surface area contributed by atoms with Gasteiger partial charge in [-0.3, -0.25) is 9.59 Å². The Balaban J connectivity index is 0.00000312. The Hall–Kier alpha value is -1.59. The molecule has 2 N–H and O–H groups in total. The zero-order valence-electron chi connectivity index (χ0n) is 15.6. The highest BCUT2D eigenvalue weighted by Gasteiger charge is 2.22. The van der Waals surface area contributed by atoms with Gasteiger partial charge in [-0.15, -0.1) is 12.4 Å². The van der Waals surface area contributed by atoms with Crippen molar-refractivity contribution in [3.63, 3.8) is 0 Å². The lowest BCUT2D eigenvalue weighted by Gasteiger charge is -2.34. The van der Waals surface area contributed by atoms with Gasteiger partial charge in [0.25, 0.3) is 5.91 Å². The van der Waals surface area contributed by atoms with Gasteiger partial charge in [0.2, 0.25) is 5.91 Å². The molecule has 1 atom stereocenters. The molecule has 1 heterocycles. The van der Waals surface area contributed by atoms with E-state index < -0.39 is 0 Å². The van der Waals surface area contributed by atoms with Crippen LogP contribution in [0, 0.1) is 0 Å². The first-order valence-electron chi connectivity index (χ1n) is 8.68. The highest BCUT2D eigenvalue weighted by molar-refractivity contribution is 5.94. The quantitative estimate of drug-likeness (QED) is 0.858. The van der Waals surface area contributed by atoms with E-state index in [4.69, 9.17) is 0 Å². The molecule has 6 heteroatoms. The van der Waals surface area contributed by atoms with Crippen molar-refractivity contribution in [2.45, 2.75) is 45.6 Å². The van der Waals surface area contributed by atoms with E-state index in [-0.39, 0.29) is 35.7 Å². The number of rotatable bonds is 4. The summed E-state index contributed by atoms with van der Waals surface area (Å²) >= 11 is 0. The molecule has 1 aromatic carbocycles. The van der Waals surface area contributed by atoms with Crippen molar-refractivity contribution >= 4 is 24.2 Å². The fourth-order valence-corrected chi connectivity index (χ4v) is 2.86. The molecule has 0 spiro atoms. The number of nitrogens with one attached hydrogen (secondary N) is 2. The summed E-state index contributed by atoms with van der Waals surface area (Å²) in [6, 6.07) is 7.88. The number of nitrogens with zero attached hydrogens (tertiary/aromatic N) is 1. The third-order valence-electron chi connectivity index (χ3n) is 4.46. The minimum Gasteiger partial charge on any atom is -0.352 e. The van der Waals surface area contributed by atoms with Gasteiger partial charge in [0.1, 0.15) is 0 Å². The monoisotopic (exact) mass is 367 g/mol. The Morgan fingerprint density at radius 1 is 1.24 bits per heavy atom. The van der Waals surface area contributed by atoms with Gasteiger partial charge in [-0.1, -0.05) is 32.9 Å². The zero-order chi connectivity index (χ0) is 17.7. The number of halogens is 1. The molecule has 0 aromatic heterocycles. The molecule has 25 heavy (non-hydrogen) atoms. The summed E-state index contributed by atoms with van der Waals surface area (Å²) in [7, 11) is 0. The smallest absolute Gasteiger partial charge is 0.251 e. The Morgan fingerprint density at radius 2 is 1.88 bits per heavy atom. The van der Waals surface area contributed by atoms with Gasteiger partial charge in [0.15, 0.2) is 0 Å². The summed E-state index contributed by atoms with van der Waals surface area (Å²) < 4.78 is 0. The average molecular weight is 368 g/mol. The van der Waals surface area contributed by atoms with Crippen LogP contribution in [-0.4, -0.2) is 48.9 Å². The maximum atomic E-state index is 12.2. The molecule has 1 aliphatic rings. The first kappa shape index (κ1) is 21.5. The van der Waals surface area contributed by atoms with Crippen LogP contribution in [0.2, 0.25) is 0 Å². The number of carbonyl (C=O) groups is 2. The molecule has 140 valence electrons. The van der Waals surface area contributed by atoms with Crippen LogP contribution in [0.15, 0.2) is 24.3 Å². The second-order valence-electron chi connectivity index (χ2n) is 7.47. The summed E-state index contributed by atoms with van der Waals surface area (Å²) in [5.74, 6) is -0.0241. The van der Waals surface area contributed by atoms with E-state index >= 15 is 0 Å². The molecule has 0 radical (unpaired) electrons. The molecule has 1 aromatic rings. The maximum Gasteiger partial charge on any atom is 0.251 e. The van der Waals surface area contributed by atoms with E-state index in [1.54, 1.807) is 0 Å². The van der Waals surface area contributed by atoms with Crippen LogP contribution in [0.1, 0.15) is 50.0 Å². The van der Waals surface area contributed by atoms with Crippen molar-refractivity contribution in [1.29, 1.82) is 0 Å². The van der Waals surface area contributed by atoms with E-state index in [1.165, 1.54) is 5.56 Å². The van der Waals surface area contributed by atoms with Gasteiger partial charge in [-0.25, -0.2) is 0 Å². The average Bonchev–Trinajstić information content (AvgIpc) is 2.54. The first-order valence-corrected chi connectivity index (χ1v) is 8.68. The first-order chi connectivity index (χ1) is 11.3. The van der Waals surface area contributed by atoms with Crippen LogP contribution in [-0.2, 0) is 10.2 Å². The van der Waals surface area contributed by atoms with E-state index in [0.717, 1.165) is 19.6 Å². The van der Waals surface area contributed by atoms with E-state index in [0.29, 0.717) is 18.5 Å². The number of piperazine rings is 1. The number of carbonyl (C=O) groups excluding carboxylic acids is 2. The van der Waals surface area contributed by atoms with Crippen LogP contribution in [0.4, 0.5) is 0 Å². The highest BCUT2D eigenvalue weighted by Crippen LogP contribution is 2.22. The van der Waals surface area contributed by atoms with Gasteiger partial charge >= 0.3 is 0 Å². The summed E-state index contributed by atoms with van der Waals surface area (Å²) in [6.07, 6.45) is 0.343. The number of hydrogen-bond acceptors (Lipinski definition) is 3. The van der Waals surface area contributed by atoms with Crippen molar-refractivity contribution in [3.05, 3.63) is 35.4 Å². The van der Waals surface area contributed by atoms with E-state index in [9.17, 15) is 9.59 Å². The second-order valence-corrected chi connectivity index (χ2v) is 7.47. The molecule has 1 saturated heterocycles. The van der Waals surface area contributed by atoms with Gasteiger partial charge in [0.05, 0.1) is 0 Å². The summed E-state index contributed by atoms with van der Waals surface area (Å²) in [5, 5.41) is 6.11. The standard InChI is InChI=1S/C19H29N3O2.ClH/c1-14-13-20-11-12-22(14)17(23)9-10-21-18(24)15-5-7-16(8-6-15)19(2,3)4;/h5-8,14,20H,9-13H2,1-4H3,(H,21,24);1H/t14-;/m1./s1. The lowest BCUT2D eigenvalue weighted by Crippen LogP contribution is -2.52. The van der Waals surface area contributed by atoms with Crippen LogP contribution >= 0.6 is 12.4 Å². The maximum absolute atomic E-state index is 12.2.